The van der Waals surface area contributed by atoms with Crippen molar-refractivity contribution < 1.29 is 14.3 Å². The molecule has 1 unspecified atom stereocenters. The number of nitrogens with zero attached hydrogens (tertiary/aromatic N) is 1. The minimum Gasteiger partial charge on any atom is -0.396 e. The van der Waals surface area contributed by atoms with Crippen LogP contribution in [0.5, 0.6) is 0 Å². The summed E-state index contributed by atoms with van der Waals surface area (Å²) in [4.78, 5) is 14.4. The Morgan fingerprint density at radius 2 is 2.32 bits per heavy atom. The molecule has 1 aromatic rings. The summed E-state index contributed by atoms with van der Waals surface area (Å²) in [6.45, 7) is 2.68. The first kappa shape index (κ1) is 14.0. The molecule has 0 saturated carbocycles. The molecule has 1 heterocycles. The van der Waals surface area contributed by atoms with E-state index in [1.807, 2.05) is 4.90 Å². The minimum atomic E-state index is -0.313. The summed E-state index contributed by atoms with van der Waals surface area (Å²) in [7, 11) is 0. The molecule has 1 aliphatic heterocycles. The number of aliphatic hydroxyl groups is 1. The number of carbonyl (C=O) groups excluding carboxylic acids is 1. The zero-order valence-electron chi connectivity index (χ0n) is 11.2. The summed E-state index contributed by atoms with van der Waals surface area (Å²) in [5, 5.41) is 8.90. The van der Waals surface area contributed by atoms with Crippen molar-refractivity contribution >= 4 is 5.91 Å². The number of aryl methyl sites for hydroxylation is 1. The number of benzene rings is 1. The highest BCUT2D eigenvalue weighted by atomic mass is 19.1. The second kappa shape index (κ2) is 6.15. The van der Waals surface area contributed by atoms with E-state index in [1.54, 1.807) is 13.0 Å². The molecule has 1 aliphatic rings. The number of aliphatic hydroxyl groups excluding tert-OH is 1. The lowest BCUT2D eigenvalue weighted by molar-refractivity contribution is 0.0723. The van der Waals surface area contributed by atoms with Gasteiger partial charge in [-0.2, -0.15) is 0 Å². The van der Waals surface area contributed by atoms with Gasteiger partial charge in [-0.15, -0.1) is 0 Å². The Bertz CT molecular complexity index is 461. The Labute approximate surface area is 113 Å². The van der Waals surface area contributed by atoms with Gasteiger partial charge in [0, 0.05) is 24.8 Å². The average Bonchev–Trinajstić information content (AvgIpc) is 2.83. The van der Waals surface area contributed by atoms with Crippen LogP contribution in [0.1, 0.15) is 41.6 Å². The third-order valence-corrected chi connectivity index (χ3v) is 3.75. The van der Waals surface area contributed by atoms with Crippen molar-refractivity contribution in [3.05, 3.63) is 35.1 Å². The van der Waals surface area contributed by atoms with Crippen LogP contribution in [-0.2, 0) is 0 Å². The van der Waals surface area contributed by atoms with Crippen LogP contribution in [0.15, 0.2) is 18.2 Å². The molecule has 2 rings (SSSR count). The molecule has 0 radical (unpaired) electrons. The van der Waals surface area contributed by atoms with Gasteiger partial charge < -0.3 is 10.0 Å². The average molecular weight is 265 g/mol. The zero-order chi connectivity index (χ0) is 13.8. The number of hydrogen-bond donors (Lipinski definition) is 1. The first-order chi connectivity index (χ1) is 9.13. The van der Waals surface area contributed by atoms with Gasteiger partial charge >= 0.3 is 0 Å². The number of halogens is 1. The van der Waals surface area contributed by atoms with Crippen LogP contribution in [0.3, 0.4) is 0 Å². The van der Waals surface area contributed by atoms with Gasteiger partial charge in [-0.25, -0.2) is 4.39 Å². The van der Waals surface area contributed by atoms with E-state index < -0.39 is 0 Å². The van der Waals surface area contributed by atoms with Crippen LogP contribution in [0.2, 0.25) is 0 Å². The van der Waals surface area contributed by atoms with Gasteiger partial charge in [0.25, 0.3) is 5.91 Å². The number of rotatable bonds is 4. The molecule has 104 valence electrons. The summed E-state index contributed by atoms with van der Waals surface area (Å²) in [5.41, 5.74) is 1.26. The second-order valence-corrected chi connectivity index (χ2v) is 5.12. The fourth-order valence-corrected chi connectivity index (χ4v) is 2.75. The van der Waals surface area contributed by atoms with Crippen molar-refractivity contribution in [3.63, 3.8) is 0 Å². The highest BCUT2D eigenvalue weighted by molar-refractivity contribution is 5.96. The first-order valence-electron chi connectivity index (χ1n) is 6.81. The number of amides is 1. The van der Waals surface area contributed by atoms with Gasteiger partial charge in [-0.3, -0.25) is 4.79 Å². The summed E-state index contributed by atoms with van der Waals surface area (Å²) in [5.74, 6) is -0.328. The third-order valence-electron chi connectivity index (χ3n) is 3.75. The fourth-order valence-electron chi connectivity index (χ4n) is 2.75. The lowest BCUT2D eigenvalue weighted by atomic mass is 10.1. The van der Waals surface area contributed by atoms with E-state index in [9.17, 15) is 9.18 Å². The summed E-state index contributed by atoms with van der Waals surface area (Å²) in [6, 6.07) is 4.50. The second-order valence-electron chi connectivity index (χ2n) is 5.12. The van der Waals surface area contributed by atoms with E-state index >= 15 is 0 Å². The molecule has 1 amide bonds. The van der Waals surface area contributed by atoms with Crippen LogP contribution >= 0.6 is 0 Å². The maximum absolute atomic E-state index is 13.1. The molecular weight excluding hydrogens is 245 g/mol. The Morgan fingerprint density at radius 3 is 3.00 bits per heavy atom. The van der Waals surface area contributed by atoms with Crippen molar-refractivity contribution in [2.45, 2.75) is 38.6 Å². The molecular formula is C15H20FNO2. The summed E-state index contributed by atoms with van der Waals surface area (Å²) >= 11 is 0. The van der Waals surface area contributed by atoms with Crippen molar-refractivity contribution in [2.75, 3.05) is 13.2 Å². The van der Waals surface area contributed by atoms with Crippen molar-refractivity contribution in [1.29, 1.82) is 0 Å². The molecule has 0 aliphatic carbocycles. The molecule has 1 N–H and O–H groups in total. The smallest absolute Gasteiger partial charge is 0.254 e. The SMILES string of the molecule is Cc1cc(F)ccc1C(=O)N1CCCC1CCCO. The van der Waals surface area contributed by atoms with E-state index in [2.05, 4.69) is 0 Å². The Morgan fingerprint density at radius 1 is 1.53 bits per heavy atom. The van der Waals surface area contributed by atoms with Crippen molar-refractivity contribution in [3.8, 4) is 0 Å². The molecule has 1 atom stereocenters. The molecule has 0 bridgehead atoms. The predicted octanol–water partition coefficient (Wildman–Crippen LogP) is 2.51. The van der Waals surface area contributed by atoms with Crippen LogP contribution in [0.25, 0.3) is 0 Å². The molecule has 1 fully saturated rings. The van der Waals surface area contributed by atoms with Crippen LogP contribution in [0.4, 0.5) is 4.39 Å². The molecule has 4 heteroatoms. The minimum absolute atomic E-state index is 0.0158. The van der Waals surface area contributed by atoms with Crippen LogP contribution in [0, 0.1) is 12.7 Å². The van der Waals surface area contributed by atoms with Gasteiger partial charge in [-0.1, -0.05) is 0 Å². The monoisotopic (exact) mass is 265 g/mol. The Hall–Kier alpha value is -1.42. The maximum Gasteiger partial charge on any atom is 0.254 e. The van der Waals surface area contributed by atoms with Gasteiger partial charge in [0.2, 0.25) is 0 Å². The van der Waals surface area contributed by atoms with E-state index in [1.165, 1.54) is 12.1 Å². The summed E-state index contributed by atoms with van der Waals surface area (Å²) in [6.07, 6.45) is 3.55. The number of carbonyl (C=O) groups is 1. The highest BCUT2D eigenvalue weighted by Crippen LogP contribution is 2.24. The van der Waals surface area contributed by atoms with Crippen molar-refractivity contribution in [1.82, 2.24) is 4.90 Å². The van der Waals surface area contributed by atoms with Gasteiger partial charge in [0.1, 0.15) is 5.82 Å². The first-order valence-corrected chi connectivity index (χ1v) is 6.81. The van der Waals surface area contributed by atoms with E-state index in [0.29, 0.717) is 11.1 Å². The normalized spacial score (nSPS) is 18.9. The van der Waals surface area contributed by atoms with Gasteiger partial charge in [-0.05, 0) is 56.4 Å². The Balaban J connectivity index is 2.13. The molecule has 0 aromatic heterocycles. The number of hydrogen-bond acceptors (Lipinski definition) is 2. The van der Waals surface area contributed by atoms with E-state index in [4.69, 9.17) is 5.11 Å². The fraction of sp³-hybridized carbons (Fsp3) is 0.533. The molecule has 3 nitrogen and oxygen atoms in total. The Kier molecular flexibility index (Phi) is 4.53. The summed E-state index contributed by atoms with van der Waals surface area (Å²) < 4.78 is 13.1. The molecule has 1 aromatic carbocycles. The van der Waals surface area contributed by atoms with Gasteiger partial charge in [0.05, 0.1) is 0 Å². The van der Waals surface area contributed by atoms with Crippen LogP contribution in [-0.4, -0.2) is 35.1 Å². The zero-order valence-corrected chi connectivity index (χ0v) is 11.2. The number of likely N-dealkylation sites (tertiary alicyclic amines) is 1. The van der Waals surface area contributed by atoms with E-state index in [0.717, 1.165) is 32.2 Å². The topological polar surface area (TPSA) is 40.5 Å². The quantitative estimate of drug-likeness (QED) is 0.908. The lowest BCUT2D eigenvalue weighted by Crippen LogP contribution is -2.36. The lowest BCUT2D eigenvalue weighted by Gasteiger charge is -2.25. The largest absolute Gasteiger partial charge is 0.396 e. The predicted molar refractivity (Wildman–Crippen MR) is 71.5 cm³/mol. The van der Waals surface area contributed by atoms with E-state index in [-0.39, 0.29) is 24.4 Å². The standard InChI is InChI=1S/C15H20FNO2/c1-11-10-12(16)6-7-14(11)15(19)17-8-2-4-13(17)5-3-9-18/h6-7,10,13,18H,2-5,8-9H2,1H3. The highest BCUT2D eigenvalue weighted by Gasteiger charge is 2.29. The molecule has 1 saturated heterocycles. The van der Waals surface area contributed by atoms with Gasteiger partial charge in [0.15, 0.2) is 0 Å². The third kappa shape index (κ3) is 3.13. The molecule has 19 heavy (non-hydrogen) atoms. The maximum atomic E-state index is 13.1. The molecule has 0 spiro atoms. The van der Waals surface area contributed by atoms with Crippen LogP contribution < -0.4 is 0 Å². The van der Waals surface area contributed by atoms with Crippen molar-refractivity contribution in [2.24, 2.45) is 0 Å².